The average Bonchev–Trinajstić information content (AvgIpc) is 3.84. The highest BCUT2D eigenvalue weighted by atomic mass is 35.5. The number of pyridine rings is 2. The van der Waals surface area contributed by atoms with Crippen molar-refractivity contribution in [1.82, 2.24) is 20.2 Å². The van der Waals surface area contributed by atoms with Gasteiger partial charge >= 0.3 is 12.1 Å². The molecular weight excluding hydrogens is 792 g/mol. The standard InChI is InChI=1S/C44H45ClF4N4O6/c1-57-39-25(22-53-23-43(42(55)56)15-13-26(53)14-16-43)18-34(44(47,48)49)41(52-39)59-37-12-11-29-28(5-3-6-30(29)37)31-7-4-8-32(38(31)45)36-19-35(46)33(40(51-36)58-2)21-50-20-24-9-10-27(54)17-24/h3-8,18-19,24,26,37,50H,9-17,20-23H2,1-2H3,(H,55,56)/t24-,26?,37+,43?/m1/s1. The van der Waals surface area contributed by atoms with Crippen molar-refractivity contribution in [1.29, 1.82) is 0 Å². The number of carboxylic acids is 1. The van der Waals surface area contributed by atoms with E-state index in [4.69, 9.17) is 25.8 Å². The number of rotatable bonds is 13. The van der Waals surface area contributed by atoms with Crippen molar-refractivity contribution in [2.24, 2.45) is 11.3 Å². The van der Waals surface area contributed by atoms with E-state index in [0.717, 1.165) is 23.6 Å². The summed E-state index contributed by atoms with van der Waals surface area (Å²) in [6, 6.07) is 13.2. The van der Waals surface area contributed by atoms with Crippen LogP contribution in [0.5, 0.6) is 17.6 Å². The van der Waals surface area contributed by atoms with E-state index in [1.165, 1.54) is 20.3 Å². The third-order valence-corrected chi connectivity index (χ3v) is 13.0. The number of Topliss-reactive ketones (excluding diaryl/α,β-unsaturated/α-hetero) is 1. The van der Waals surface area contributed by atoms with Crippen LogP contribution in [0, 0.1) is 17.2 Å². The van der Waals surface area contributed by atoms with Gasteiger partial charge in [-0.1, -0.05) is 48.0 Å². The molecule has 3 aliphatic carbocycles. The van der Waals surface area contributed by atoms with Gasteiger partial charge in [0, 0.05) is 61.3 Å². The van der Waals surface area contributed by atoms with Crippen LogP contribution in [0.1, 0.15) is 85.3 Å². The Balaban J connectivity index is 1.05. The van der Waals surface area contributed by atoms with Crippen LogP contribution in [0.25, 0.3) is 22.4 Å². The Kier molecular flexibility index (Phi) is 11.3. The number of nitrogens with zero attached hydrogens (tertiary/aromatic N) is 3. The number of ketones is 1. The number of hydrogen-bond acceptors (Lipinski definition) is 9. The monoisotopic (exact) mass is 836 g/mol. The Morgan fingerprint density at radius 3 is 2.39 bits per heavy atom. The molecule has 2 saturated carbocycles. The molecule has 0 spiro atoms. The first kappa shape index (κ1) is 41.0. The van der Waals surface area contributed by atoms with Gasteiger partial charge in [-0.15, -0.1) is 0 Å². The number of benzene rings is 2. The Labute approximate surface area is 344 Å². The number of ether oxygens (including phenoxy) is 3. The molecule has 2 N–H and O–H groups in total. The molecule has 2 atom stereocenters. The molecule has 10 nitrogen and oxygen atoms in total. The Morgan fingerprint density at radius 2 is 1.69 bits per heavy atom. The van der Waals surface area contributed by atoms with Crippen LogP contribution in [-0.4, -0.2) is 65.1 Å². The number of aliphatic carboxylic acids is 1. The smallest absolute Gasteiger partial charge is 0.421 e. The van der Waals surface area contributed by atoms with E-state index in [9.17, 15) is 27.9 Å². The van der Waals surface area contributed by atoms with Crippen molar-refractivity contribution in [3.05, 3.63) is 87.2 Å². The number of alkyl halides is 3. The van der Waals surface area contributed by atoms with Gasteiger partial charge in [0.1, 0.15) is 23.3 Å². The first-order chi connectivity index (χ1) is 28.3. The summed E-state index contributed by atoms with van der Waals surface area (Å²) in [5, 5.41) is 13.5. The molecule has 5 aliphatic rings. The highest BCUT2D eigenvalue weighted by molar-refractivity contribution is 6.36. The molecule has 2 saturated heterocycles. The molecule has 9 rings (SSSR count). The fraction of sp³-hybridized carbons (Fsp3) is 0.455. The molecule has 0 radical (unpaired) electrons. The van der Waals surface area contributed by atoms with E-state index in [0.29, 0.717) is 79.6 Å². The van der Waals surface area contributed by atoms with Gasteiger partial charge < -0.3 is 24.6 Å². The molecule has 4 aromatic rings. The summed E-state index contributed by atoms with van der Waals surface area (Å²) in [5.74, 6) is -1.44. The number of nitrogens with one attached hydrogen (secondary N) is 1. The molecular formula is C44H45ClF4N4O6. The van der Waals surface area contributed by atoms with Crippen molar-refractivity contribution in [2.45, 2.75) is 89.2 Å². The number of carbonyl (C=O) groups excluding carboxylic acids is 1. The Bertz CT molecular complexity index is 2280. The molecule has 15 heteroatoms. The van der Waals surface area contributed by atoms with Gasteiger partial charge in [-0.2, -0.15) is 18.2 Å². The molecule has 2 aromatic heterocycles. The van der Waals surface area contributed by atoms with Crippen LogP contribution >= 0.6 is 11.6 Å². The number of fused-ring (bicyclic) bond motifs is 4. The lowest BCUT2D eigenvalue weighted by atomic mass is 9.67. The van der Waals surface area contributed by atoms with Crippen molar-refractivity contribution in [3.8, 4) is 40.0 Å². The summed E-state index contributed by atoms with van der Waals surface area (Å²) in [5.41, 5.74) is 2.19. The lowest BCUT2D eigenvalue weighted by molar-refractivity contribution is -0.160. The van der Waals surface area contributed by atoms with Crippen molar-refractivity contribution in [3.63, 3.8) is 0 Å². The maximum absolute atomic E-state index is 15.7. The summed E-state index contributed by atoms with van der Waals surface area (Å²) in [7, 11) is 2.76. The minimum Gasteiger partial charge on any atom is -0.481 e. The fourth-order valence-corrected chi connectivity index (χ4v) is 9.83. The van der Waals surface area contributed by atoms with Gasteiger partial charge in [0.05, 0.1) is 35.9 Å². The minimum atomic E-state index is -4.80. The number of aromatic nitrogens is 2. The zero-order chi connectivity index (χ0) is 41.6. The molecule has 2 aromatic carbocycles. The zero-order valence-electron chi connectivity index (χ0n) is 32.8. The molecule has 2 aliphatic heterocycles. The molecule has 0 unspecified atom stereocenters. The maximum atomic E-state index is 15.7. The number of carbonyl (C=O) groups is 2. The summed E-state index contributed by atoms with van der Waals surface area (Å²) in [6.45, 7) is 1.07. The van der Waals surface area contributed by atoms with Crippen molar-refractivity contribution >= 4 is 23.4 Å². The molecule has 4 fully saturated rings. The third-order valence-electron chi connectivity index (χ3n) is 12.6. The first-order valence-corrected chi connectivity index (χ1v) is 20.3. The van der Waals surface area contributed by atoms with Crippen LogP contribution in [0.2, 0.25) is 5.02 Å². The van der Waals surface area contributed by atoms with Crippen molar-refractivity contribution in [2.75, 3.05) is 27.3 Å². The highest BCUT2D eigenvalue weighted by Gasteiger charge is 2.50. The highest BCUT2D eigenvalue weighted by Crippen LogP contribution is 2.48. The van der Waals surface area contributed by atoms with E-state index in [1.807, 2.05) is 23.1 Å². The second-order valence-corrected chi connectivity index (χ2v) is 16.5. The largest absolute Gasteiger partial charge is 0.481 e. The van der Waals surface area contributed by atoms with Crippen molar-refractivity contribution < 1.29 is 46.5 Å². The lowest BCUT2D eigenvalue weighted by Gasteiger charge is -2.50. The summed E-state index contributed by atoms with van der Waals surface area (Å²) in [4.78, 5) is 34.7. The number of methoxy groups -OCH3 is 2. The lowest BCUT2D eigenvalue weighted by Crippen LogP contribution is -2.56. The van der Waals surface area contributed by atoms with Crippen LogP contribution in [-0.2, 0) is 35.3 Å². The van der Waals surface area contributed by atoms with Gasteiger partial charge in [0.15, 0.2) is 0 Å². The number of carboxylic acid groups (broad SMARTS) is 1. The predicted molar refractivity (Wildman–Crippen MR) is 211 cm³/mol. The summed E-state index contributed by atoms with van der Waals surface area (Å²) >= 11 is 7.08. The van der Waals surface area contributed by atoms with Crippen LogP contribution in [0.4, 0.5) is 17.6 Å². The van der Waals surface area contributed by atoms with Crippen LogP contribution in [0.15, 0.2) is 48.5 Å². The number of hydrogen-bond donors (Lipinski definition) is 2. The second-order valence-electron chi connectivity index (χ2n) is 16.2. The SMILES string of the molecule is COc1nc(O[C@H]2CCc3c(-c4cccc(-c5cc(F)c(CNC[C@@H]6CCC(=O)C6)c(OC)n5)c4Cl)cccc32)c(C(F)(F)F)cc1CN1CC2(C(=O)O)CCC1CC2. The summed E-state index contributed by atoms with van der Waals surface area (Å²) in [6.07, 6.45) is -0.380. The quantitative estimate of drug-likeness (QED) is 0.126. The van der Waals surface area contributed by atoms with Gasteiger partial charge in [0.2, 0.25) is 17.6 Å². The predicted octanol–water partition coefficient (Wildman–Crippen LogP) is 8.99. The topological polar surface area (TPSA) is 123 Å². The maximum Gasteiger partial charge on any atom is 0.421 e. The number of piperidine rings is 2. The third kappa shape index (κ3) is 7.98. The Morgan fingerprint density at radius 1 is 0.966 bits per heavy atom. The van der Waals surface area contributed by atoms with E-state index in [2.05, 4.69) is 15.3 Å². The zero-order valence-corrected chi connectivity index (χ0v) is 33.5. The van der Waals surface area contributed by atoms with Gasteiger partial charge in [-0.25, -0.2) is 9.37 Å². The van der Waals surface area contributed by atoms with E-state index >= 15 is 4.39 Å². The molecule has 0 amide bonds. The minimum absolute atomic E-state index is 0.0119. The first-order valence-electron chi connectivity index (χ1n) is 19.9. The molecule has 59 heavy (non-hydrogen) atoms. The van der Waals surface area contributed by atoms with Gasteiger partial charge in [0.25, 0.3) is 0 Å². The van der Waals surface area contributed by atoms with Crippen LogP contribution < -0.4 is 19.5 Å². The second kappa shape index (κ2) is 16.3. The average molecular weight is 837 g/mol. The number of halogens is 5. The molecule has 4 heterocycles. The van der Waals surface area contributed by atoms with E-state index in [-0.39, 0.29) is 66.0 Å². The van der Waals surface area contributed by atoms with Gasteiger partial charge in [-0.05, 0) is 80.2 Å². The molecule has 2 bridgehead atoms. The fourth-order valence-electron chi connectivity index (χ4n) is 9.50. The Hall–Kier alpha value is -4.79. The van der Waals surface area contributed by atoms with E-state index < -0.39 is 40.9 Å². The molecule has 312 valence electrons. The van der Waals surface area contributed by atoms with E-state index in [1.54, 1.807) is 18.2 Å². The summed E-state index contributed by atoms with van der Waals surface area (Å²) < 4.78 is 77.1. The van der Waals surface area contributed by atoms with Crippen LogP contribution in [0.3, 0.4) is 0 Å². The normalized spacial score (nSPS) is 22.8. The van der Waals surface area contributed by atoms with Gasteiger partial charge in [-0.3, -0.25) is 14.5 Å².